The summed E-state index contributed by atoms with van der Waals surface area (Å²) < 4.78 is 5.39. The molecule has 5 nitrogen and oxygen atoms in total. The van der Waals surface area contributed by atoms with Gasteiger partial charge in [-0.3, -0.25) is 4.79 Å². The summed E-state index contributed by atoms with van der Waals surface area (Å²) in [5.41, 5.74) is 6.80. The highest BCUT2D eigenvalue weighted by molar-refractivity contribution is 5.95. The van der Waals surface area contributed by atoms with Crippen molar-refractivity contribution in [1.29, 1.82) is 0 Å². The van der Waals surface area contributed by atoms with Crippen LogP contribution in [0.15, 0.2) is 18.2 Å². The third-order valence-corrected chi connectivity index (χ3v) is 3.17. The third kappa shape index (κ3) is 3.38. The molecule has 0 spiro atoms. The lowest BCUT2D eigenvalue weighted by molar-refractivity contribution is 0.0473. The van der Waals surface area contributed by atoms with Crippen molar-refractivity contribution in [2.45, 2.75) is 25.9 Å². The number of nitrogens with zero attached hydrogens (tertiary/aromatic N) is 1. The van der Waals surface area contributed by atoms with E-state index < -0.39 is 6.10 Å². The van der Waals surface area contributed by atoms with Crippen molar-refractivity contribution in [2.75, 3.05) is 25.4 Å². The van der Waals surface area contributed by atoms with Gasteiger partial charge < -0.3 is 20.5 Å². The van der Waals surface area contributed by atoms with Crippen molar-refractivity contribution < 1.29 is 14.6 Å². The molecule has 1 saturated heterocycles. The zero-order valence-electron chi connectivity index (χ0n) is 11.1. The van der Waals surface area contributed by atoms with Gasteiger partial charge in [-0.2, -0.15) is 0 Å². The van der Waals surface area contributed by atoms with Gasteiger partial charge in [0, 0.05) is 30.4 Å². The number of rotatable bonds is 3. The van der Waals surface area contributed by atoms with Crippen molar-refractivity contribution >= 4 is 11.6 Å². The minimum atomic E-state index is -0.426. The number of nitrogens with two attached hydrogens (primary N) is 1. The zero-order chi connectivity index (χ0) is 13.8. The van der Waals surface area contributed by atoms with Gasteiger partial charge in [0.25, 0.3) is 5.91 Å². The Morgan fingerprint density at radius 1 is 1.53 bits per heavy atom. The summed E-state index contributed by atoms with van der Waals surface area (Å²) in [7, 11) is 0. The first-order chi connectivity index (χ1) is 9.10. The highest BCUT2D eigenvalue weighted by atomic mass is 16.5. The quantitative estimate of drug-likeness (QED) is 0.806. The maximum atomic E-state index is 12.4. The summed E-state index contributed by atoms with van der Waals surface area (Å²) in [6.07, 6.45) is 1.16. The number of hydrogen-bond donors (Lipinski definition) is 2. The van der Waals surface area contributed by atoms with Crippen molar-refractivity contribution in [3.8, 4) is 5.75 Å². The van der Waals surface area contributed by atoms with Gasteiger partial charge >= 0.3 is 0 Å². The molecule has 0 radical (unpaired) electrons. The molecule has 5 heteroatoms. The van der Waals surface area contributed by atoms with Crippen LogP contribution in [0, 0.1) is 0 Å². The molecule has 0 bridgehead atoms. The molecule has 0 unspecified atom stereocenters. The van der Waals surface area contributed by atoms with Crippen molar-refractivity contribution in [3.63, 3.8) is 0 Å². The fraction of sp³-hybridized carbons (Fsp3) is 0.500. The van der Waals surface area contributed by atoms with Crippen LogP contribution in [-0.2, 0) is 0 Å². The number of carbonyl (C=O) groups excluding carboxylic acids is 1. The van der Waals surface area contributed by atoms with Crippen molar-refractivity contribution in [1.82, 2.24) is 4.90 Å². The van der Waals surface area contributed by atoms with Gasteiger partial charge in [-0.05, 0) is 31.9 Å². The normalized spacial score (nSPS) is 19.3. The molecule has 0 saturated carbocycles. The molecule has 104 valence electrons. The van der Waals surface area contributed by atoms with Crippen LogP contribution in [0.2, 0.25) is 0 Å². The number of hydrogen-bond acceptors (Lipinski definition) is 4. The Hall–Kier alpha value is -1.75. The first-order valence-electron chi connectivity index (χ1n) is 6.61. The Morgan fingerprint density at radius 2 is 2.32 bits per heavy atom. The second-order valence-corrected chi connectivity index (χ2v) is 4.77. The lowest BCUT2D eigenvalue weighted by Crippen LogP contribution is -2.42. The SMILES string of the molecule is CCOc1cc(N)cc(C(=O)N2CCC[C@H](O)C2)c1. The monoisotopic (exact) mass is 264 g/mol. The Balaban J connectivity index is 2.18. The summed E-state index contributed by atoms with van der Waals surface area (Å²) in [6.45, 7) is 3.47. The average molecular weight is 264 g/mol. The molecule has 1 aromatic rings. The van der Waals surface area contributed by atoms with Crippen LogP contribution in [0.1, 0.15) is 30.1 Å². The molecular formula is C14H20N2O3. The number of aliphatic hydroxyl groups excluding tert-OH is 1. The molecule has 3 N–H and O–H groups in total. The number of nitrogen functional groups attached to an aromatic ring is 1. The van der Waals surface area contributed by atoms with Crippen molar-refractivity contribution in [3.05, 3.63) is 23.8 Å². The Bertz CT molecular complexity index is 462. The number of ether oxygens (including phenoxy) is 1. The summed E-state index contributed by atoms with van der Waals surface area (Å²) in [5.74, 6) is 0.496. The number of amides is 1. The molecule has 1 heterocycles. The van der Waals surface area contributed by atoms with Crippen LogP contribution in [0.4, 0.5) is 5.69 Å². The molecule has 1 aliphatic rings. The Morgan fingerprint density at radius 3 is 3.00 bits per heavy atom. The van der Waals surface area contributed by atoms with E-state index in [0.29, 0.717) is 36.7 Å². The largest absolute Gasteiger partial charge is 0.494 e. The molecule has 1 amide bonds. The number of anilines is 1. The van der Waals surface area contributed by atoms with Crippen molar-refractivity contribution in [2.24, 2.45) is 0 Å². The van der Waals surface area contributed by atoms with Crippen LogP contribution in [0.25, 0.3) is 0 Å². The molecule has 0 aliphatic carbocycles. The van der Waals surface area contributed by atoms with E-state index >= 15 is 0 Å². The molecule has 1 aromatic carbocycles. The fourth-order valence-electron chi connectivity index (χ4n) is 2.32. The Kier molecular flexibility index (Phi) is 4.27. The summed E-state index contributed by atoms with van der Waals surface area (Å²) in [6, 6.07) is 5.04. The first kappa shape index (κ1) is 13.7. The zero-order valence-corrected chi connectivity index (χ0v) is 11.1. The van der Waals surface area contributed by atoms with Gasteiger partial charge in [-0.25, -0.2) is 0 Å². The minimum absolute atomic E-state index is 0.105. The topological polar surface area (TPSA) is 75.8 Å². The molecule has 2 rings (SSSR count). The summed E-state index contributed by atoms with van der Waals surface area (Å²) in [5, 5.41) is 9.63. The van der Waals surface area contributed by atoms with Crippen LogP contribution in [0.5, 0.6) is 5.75 Å². The van der Waals surface area contributed by atoms with Gasteiger partial charge in [0.1, 0.15) is 5.75 Å². The maximum Gasteiger partial charge on any atom is 0.254 e. The lowest BCUT2D eigenvalue weighted by Gasteiger charge is -2.30. The highest BCUT2D eigenvalue weighted by Crippen LogP contribution is 2.21. The standard InChI is InChI=1S/C14H20N2O3/c1-2-19-13-7-10(6-11(15)8-13)14(18)16-5-3-4-12(17)9-16/h6-8,12,17H,2-5,9,15H2,1H3/t12-/m0/s1. The molecule has 1 fully saturated rings. The van der Waals surface area contributed by atoms with Crippen LogP contribution in [-0.4, -0.2) is 41.7 Å². The molecule has 1 aliphatic heterocycles. The molecule has 1 atom stereocenters. The Labute approximate surface area is 113 Å². The van der Waals surface area contributed by atoms with E-state index in [0.717, 1.165) is 12.8 Å². The number of aliphatic hydroxyl groups is 1. The lowest BCUT2D eigenvalue weighted by atomic mass is 10.1. The summed E-state index contributed by atoms with van der Waals surface area (Å²) >= 11 is 0. The van der Waals surface area contributed by atoms with E-state index in [1.807, 2.05) is 6.92 Å². The molecular weight excluding hydrogens is 244 g/mol. The van der Waals surface area contributed by atoms with Gasteiger partial charge in [-0.1, -0.05) is 0 Å². The van der Waals surface area contributed by atoms with Crippen LogP contribution < -0.4 is 10.5 Å². The predicted octanol–water partition coefficient (Wildman–Crippen LogP) is 1.26. The molecule has 19 heavy (non-hydrogen) atoms. The summed E-state index contributed by atoms with van der Waals surface area (Å²) in [4.78, 5) is 14.0. The number of piperidine rings is 1. The number of carbonyl (C=O) groups is 1. The van der Waals surface area contributed by atoms with Gasteiger partial charge in [0.15, 0.2) is 0 Å². The smallest absolute Gasteiger partial charge is 0.254 e. The van der Waals surface area contributed by atoms with E-state index in [1.54, 1.807) is 23.1 Å². The second kappa shape index (κ2) is 5.93. The number of benzene rings is 1. The first-order valence-corrected chi connectivity index (χ1v) is 6.61. The fourth-order valence-corrected chi connectivity index (χ4v) is 2.32. The van der Waals surface area contributed by atoms with E-state index in [1.165, 1.54) is 0 Å². The van der Waals surface area contributed by atoms with Gasteiger partial charge in [0.05, 0.1) is 12.7 Å². The average Bonchev–Trinajstić information content (AvgIpc) is 2.37. The third-order valence-electron chi connectivity index (χ3n) is 3.17. The van der Waals surface area contributed by atoms with E-state index in [-0.39, 0.29) is 5.91 Å². The van der Waals surface area contributed by atoms with E-state index in [2.05, 4.69) is 0 Å². The maximum absolute atomic E-state index is 12.4. The van der Waals surface area contributed by atoms with E-state index in [4.69, 9.17) is 10.5 Å². The highest BCUT2D eigenvalue weighted by Gasteiger charge is 2.23. The number of β-amino-alcohol motifs (C(OH)–C–C–N with tert-alkyl or cyclic N) is 1. The van der Waals surface area contributed by atoms with Crippen LogP contribution in [0.3, 0.4) is 0 Å². The van der Waals surface area contributed by atoms with Gasteiger partial charge in [-0.15, -0.1) is 0 Å². The predicted molar refractivity (Wildman–Crippen MR) is 73.2 cm³/mol. The van der Waals surface area contributed by atoms with Crippen LogP contribution >= 0.6 is 0 Å². The number of likely N-dealkylation sites (tertiary alicyclic amines) is 1. The van der Waals surface area contributed by atoms with E-state index in [9.17, 15) is 9.90 Å². The molecule has 0 aromatic heterocycles. The second-order valence-electron chi connectivity index (χ2n) is 4.77. The minimum Gasteiger partial charge on any atom is -0.494 e. The van der Waals surface area contributed by atoms with Gasteiger partial charge in [0.2, 0.25) is 0 Å².